The molecule has 0 spiro atoms. The van der Waals surface area contributed by atoms with Crippen LogP contribution in [0.25, 0.3) is 16.5 Å². The maximum atomic E-state index is 10.5. The van der Waals surface area contributed by atoms with E-state index >= 15 is 0 Å². The van der Waals surface area contributed by atoms with Gasteiger partial charge in [-0.2, -0.15) is 0 Å². The zero-order valence-corrected chi connectivity index (χ0v) is 12.3. The van der Waals surface area contributed by atoms with Gasteiger partial charge in [0.2, 0.25) is 0 Å². The first-order chi connectivity index (χ1) is 8.97. The van der Waals surface area contributed by atoms with Gasteiger partial charge in [-0.15, -0.1) is 11.3 Å². The quantitative estimate of drug-likeness (QED) is 0.798. The van der Waals surface area contributed by atoms with Gasteiger partial charge in [-0.05, 0) is 42.8 Å². The molecule has 2 rings (SSSR count). The molecule has 0 atom stereocenters. The van der Waals surface area contributed by atoms with E-state index in [9.17, 15) is 4.79 Å². The number of hydrogen-bond acceptors (Lipinski definition) is 2. The van der Waals surface area contributed by atoms with Crippen molar-refractivity contribution in [3.63, 3.8) is 0 Å². The van der Waals surface area contributed by atoms with E-state index in [1.54, 1.807) is 6.08 Å². The lowest BCUT2D eigenvalue weighted by molar-refractivity contribution is -0.131. The number of halogens is 2. The molecule has 2 nitrogen and oxygen atoms in total. The van der Waals surface area contributed by atoms with Crippen LogP contribution in [-0.2, 0) is 4.79 Å². The van der Waals surface area contributed by atoms with Crippen molar-refractivity contribution in [1.82, 2.24) is 0 Å². The van der Waals surface area contributed by atoms with Crippen molar-refractivity contribution in [2.45, 2.75) is 6.92 Å². The van der Waals surface area contributed by atoms with Gasteiger partial charge in [-0.3, -0.25) is 0 Å². The summed E-state index contributed by atoms with van der Waals surface area (Å²) in [5.41, 5.74) is 1.79. The van der Waals surface area contributed by atoms with Crippen LogP contribution < -0.4 is 0 Å². The zero-order chi connectivity index (χ0) is 14.0. The fourth-order valence-corrected chi connectivity index (χ4v) is 3.06. The molecule has 1 heterocycles. The molecule has 0 bridgehead atoms. The Morgan fingerprint density at radius 1 is 1.26 bits per heavy atom. The zero-order valence-electron chi connectivity index (χ0n) is 9.98. The highest BCUT2D eigenvalue weighted by molar-refractivity contribution is 7.16. The molecule has 0 unspecified atom stereocenters. The molecular weight excluding hydrogens is 303 g/mol. The maximum absolute atomic E-state index is 10.5. The Morgan fingerprint density at radius 2 is 2.00 bits per heavy atom. The van der Waals surface area contributed by atoms with Crippen LogP contribution in [0.1, 0.15) is 10.4 Å². The molecule has 0 aliphatic rings. The van der Waals surface area contributed by atoms with E-state index in [4.69, 9.17) is 28.3 Å². The Hall–Kier alpha value is -1.29. The number of carbonyl (C=O) groups is 1. The highest BCUT2D eigenvalue weighted by atomic mass is 35.5. The van der Waals surface area contributed by atoms with Gasteiger partial charge in [0.15, 0.2) is 0 Å². The summed E-state index contributed by atoms with van der Waals surface area (Å²) in [6.45, 7) is 1.90. The first kappa shape index (κ1) is 14.1. The second-order valence-electron chi connectivity index (χ2n) is 3.95. The lowest BCUT2D eigenvalue weighted by Gasteiger charge is -2.05. The third-order valence-electron chi connectivity index (χ3n) is 2.53. The van der Waals surface area contributed by atoms with Gasteiger partial charge in [-0.1, -0.05) is 23.2 Å². The second kappa shape index (κ2) is 5.78. The van der Waals surface area contributed by atoms with Crippen molar-refractivity contribution >= 4 is 46.6 Å². The molecule has 0 saturated carbocycles. The van der Waals surface area contributed by atoms with Crippen molar-refractivity contribution in [1.29, 1.82) is 0 Å². The van der Waals surface area contributed by atoms with E-state index in [2.05, 4.69) is 0 Å². The molecular formula is C14H10Cl2O2S. The van der Waals surface area contributed by atoms with Gasteiger partial charge in [0.25, 0.3) is 0 Å². The first-order valence-corrected chi connectivity index (χ1v) is 7.01. The highest BCUT2D eigenvalue weighted by Gasteiger charge is 2.09. The number of carboxylic acids is 1. The van der Waals surface area contributed by atoms with Crippen molar-refractivity contribution in [2.75, 3.05) is 0 Å². The number of hydrogen-bond donors (Lipinski definition) is 1. The number of thiophene rings is 1. The van der Waals surface area contributed by atoms with E-state index in [1.807, 2.05) is 31.2 Å². The van der Waals surface area contributed by atoms with Gasteiger partial charge in [0.05, 0.1) is 0 Å². The van der Waals surface area contributed by atoms with Crippen molar-refractivity contribution in [3.8, 4) is 10.4 Å². The summed E-state index contributed by atoms with van der Waals surface area (Å²) in [6.07, 6.45) is 2.67. The van der Waals surface area contributed by atoms with E-state index in [1.165, 1.54) is 11.3 Å². The molecule has 1 aromatic heterocycles. The molecule has 5 heteroatoms. The van der Waals surface area contributed by atoms with Crippen LogP contribution in [0.5, 0.6) is 0 Å². The molecule has 19 heavy (non-hydrogen) atoms. The lowest BCUT2D eigenvalue weighted by atomic mass is 10.1. The van der Waals surface area contributed by atoms with Crippen LogP contribution in [0.2, 0.25) is 10.0 Å². The third-order valence-corrected chi connectivity index (χ3v) is 4.33. The molecule has 0 aliphatic heterocycles. The Kier molecular flexibility index (Phi) is 4.30. The predicted octanol–water partition coefficient (Wildman–Crippen LogP) is 5.13. The van der Waals surface area contributed by atoms with Crippen LogP contribution in [0.3, 0.4) is 0 Å². The number of rotatable bonds is 3. The molecule has 2 aromatic rings. The number of benzene rings is 1. The van der Waals surface area contributed by atoms with Gasteiger partial charge in [0.1, 0.15) is 0 Å². The summed E-state index contributed by atoms with van der Waals surface area (Å²) in [7, 11) is 0. The summed E-state index contributed by atoms with van der Waals surface area (Å²) >= 11 is 13.8. The molecule has 0 aliphatic carbocycles. The minimum Gasteiger partial charge on any atom is -0.478 e. The van der Waals surface area contributed by atoms with Crippen molar-refractivity contribution in [2.24, 2.45) is 0 Å². The summed E-state index contributed by atoms with van der Waals surface area (Å²) in [4.78, 5) is 12.3. The van der Waals surface area contributed by atoms with Gasteiger partial charge in [-0.25, -0.2) is 4.79 Å². The topological polar surface area (TPSA) is 37.3 Å². The van der Waals surface area contributed by atoms with Crippen LogP contribution in [0.15, 0.2) is 30.3 Å². The molecule has 0 amide bonds. The monoisotopic (exact) mass is 312 g/mol. The Balaban J connectivity index is 2.38. The van der Waals surface area contributed by atoms with Crippen LogP contribution >= 0.6 is 34.5 Å². The minimum absolute atomic E-state index is 0.637. The average molecular weight is 313 g/mol. The van der Waals surface area contributed by atoms with E-state index in [0.29, 0.717) is 10.0 Å². The molecule has 1 N–H and O–H groups in total. The molecule has 0 fully saturated rings. The standard InChI is InChI=1S/C14H10Cl2O2S/c1-8-6-12(16)10(7-11(8)15)13-4-2-9(19-13)3-5-14(17)18/h2-7H,1H3,(H,17,18)/b5-3+. The SMILES string of the molecule is Cc1cc(Cl)c(-c2ccc(/C=C/C(=O)O)s2)cc1Cl. The maximum Gasteiger partial charge on any atom is 0.328 e. The fourth-order valence-electron chi connectivity index (χ4n) is 1.58. The molecule has 1 aromatic carbocycles. The number of carboxylic acid groups (broad SMARTS) is 1. The van der Waals surface area contributed by atoms with E-state index in [0.717, 1.165) is 27.0 Å². The summed E-state index contributed by atoms with van der Waals surface area (Å²) in [5.74, 6) is -0.966. The summed E-state index contributed by atoms with van der Waals surface area (Å²) in [6, 6.07) is 7.41. The Morgan fingerprint density at radius 3 is 2.68 bits per heavy atom. The summed E-state index contributed by atoms with van der Waals surface area (Å²) < 4.78 is 0. The van der Waals surface area contributed by atoms with Crippen molar-refractivity contribution in [3.05, 3.63) is 50.8 Å². The van der Waals surface area contributed by atoms with Gasteiger partial charge >= 0.3 is 5.97 Å². The third kappa shape index (κ3) is 3.38. The first-order valence-electron chi connectivity index (χ1n) is 5.44. The number of aliphatic carboxylic acids is 1. The normalized spacial score (nSPS) is 11.1. The fraction of sp³-hybridized carbons (Fsp3) is 0.0714. The smallest absolute Gasteiger partial charge is 0.328 e. The largest absolute Gasteiger partial charge is 0.478 e. The van der Waals surface area contributed by atoms with Gasteiger partial charge in [0, 0.05) is 31.4 Å². The summed E-state index contributed by atoms with van der Waals surface area (Å²) in [5, 5.41) is 9.89. The average Bonchev–Trinajstić information content (AvgIpc) is 2.80. The van der Waals surface area contributed by atoms with Crippen LogP contribution in [0, 0.1) is 6.92 Å². The van der Waals surface area contributed by atoms with E-state index in [-0.39, 0.29) is 0 Å². The Labute approximate surface area is 124 Å². The Bertz CT molecular complexity index is 659. The van der Waals surface area contributed by atoms with Crippen molar-refractivity contribution < 1.29 is 9.90 Å². The lowest BCUT2D eigenvalue weighted by Crippen LogP contribution is -1.84. The molecule has 0 saturated heterocycles. The minimum atomic E-state index is -0.966. The highest BCUT2D eigenvalue weighted by Crippen LogP contribution is 2.36. The van der Waals surface area contributed by atoms with Crippen LogP contribution in [0.4, 0.5) is 0 Å². The molecule has 98 valence electrons. The predicted molar refractivity (Wildman–Crippen MR) is 81.2 cm³/mol. The second-order valence-corrected chi connectivity index (χ2v) is 5.88. The molecule has 0 radical (unpaired) electrons. The van der Waals surface area contributed by atoms with Gasteiger partial charge < -0.3 is 5.11 Å². The van der Waals surface area contributed by atoms with Crippen LogP contribution in [-0.4, -0.2) is 11.1 Å². The van der Waals surface area contributed by atoms with E-state index < -0.39 is 5.97 Å². The number of aryl methyl sites for hydroxylation is 1.